The van der Waals surface area contributed by atoms with Crippen molar-refractivity contribution in [2.24, 2.45) is 0 Å². The van der Waals surface area contributed by atoms with Gasteiger partial charge in [0.25, 0.3) is 0 Å². The lowest BCUT2D eigenvalue weighted by molar-refractivity contribution is 0.111. The van der Waals surface area contributed by atoms with Crippen LogP contribution in [0.4, 0.5) is 0 Å². The molecule has 19 heavy (non-hydrogen) atoms. The Morgan fingerprint density at radius 3 is 2.95 bits per heavy atom. The van der Waals surface area contributed by atoms with Crippen molar-refractivity contribution in [2.75, 3.05) is 7.11 Å². The Bertz CT molecular complexity index is 564. The van der Waals surface area contributed by atoms with E-state index in [1.54, 1.807) is 37.8 Å². The van der Waals surface area contributed by atoms with E-state index < -0.39 is 0 Å². The van der Waals surface area contributed by atoms with Gasteiger partial charge in [-0.15, -0.1) is 0 Å². The fraction of sp³-hybridized carbons (Fsp3) is 0.286. The Hall–Kier alpha value is -2.30. The van der Waals surface area contributed by atoms with Gasteiger partial charge in [-0.05, 0) is 19.1 Å². The molecule has 0 N–H and O–H groups in total. The average molecular weight is 260 g/mol. The van der Waals surface area contributed by atoms with Crippen molar-refractivity contribution in [3.8, 4) is 11.5 Å². The molecule has 0 saturated carbocycles. The molecule has 0 bridgehead atoms. The molecule has 1 heterocycles. The first-order chi connectivity index (χ1) is 9.30. The summed E-state index contributed by atoms with van der Waals surface area (Å²) in [4.78, 5) is 15.1. The van der Waals surface area contributed by atoms with Gasteiger partial charge in [-0.3, -0.25) is 4.79 Å². The van der Waals surface area contributed by atoms with Gasteiger partial charge in [0.2, 0.25) is 0 Å². The molecular formula is C14H16N2O3. The Balaban J connectivity index is 2.21. The van der Waals surface area contributed by atoms with E-state index in [-0.39, 0.29) is 0 Å². The van der Waals surface area contributed by atoms with Crippen LogP contribution in [0.2, 0.25) is 0 Å². The van der Waals surface area contributed by atoms with E-state index in [0.717, 1.165) is 18.5 Å². The van der Waals surface area contributed by atoms with Gasteiger partial charge in [-0.1, -0.05) is 6.07 Å². The number of para-hydroxylation sites is 1. The molecule has 0 radical (unpaired) electrons. The minimum atomic E-state index is 0.342. The molecule has 0 aliphatic rings. The van der Waals surface area contributed by atoms with Crippen LogP contribution in [0.15, 0.2) is 30.7 Å². The van der Waals surface area contributed by atoms with Crippen LogP contribution in [-0.4, -0.2) is 22.9 Å². The molecule has 0 saturated heterocycles. The van der Waals surface area contributed by atoms with Crippen LogP contribution >= 0.6 is 0 Å². The Morgan fingerprint density at radius 2 is 2.26 bits per heavy atom. The molecule has 0 fully saturated rings. The van der Waals surface area contributed by atoms with Crippen LogP contribution < -0.4 is 9.47 Å². The van der Waals surface area contributed by atoms with E-state index >= 15 is 0 Å². The maximum Gasteiger partial charge on any atom is 0.172 e. The van der Waals surface area contributed by atoms with Crippen molar-refractivity contribution in [1.29, 1.82) is 0 Å². The lowest BCUT2D eigenvalue weighted by Gasteiger charge is -2.13. The predicted octanol–water partition coefficient (Wildman–Crippen LogP) is 2.30. The number of aryl methyl sites for hydroxylation is 1. The number of carbonyl (C=O) groups excluding carboxylic acids is 1. The summed E-state index contributed by atoms with van der Waals surface area (Å²) in [5.41, 5.74) is 1.42. The third-order valence-corrected chi connectivity index (χ3v) is 2.86. The summed E-state index contributed by atoms with van der Waals surface area (Å²) in [5, 5.41) is 0. The van der Waals surface area contributed by atoms with Crippen molar-refractivity contribution in [1.82, 2.24) is 9.55 Å². The summed E-state index contributed by atoms with van der Waals surface area (Å²) in [6.45, 7) is 3.20. The summed E-state index contributed by atoms with van der Waals surface area (Å²) in [7, 11) is 1.55. The number of aldehydes is 1. The highest BCUT2D eigenvalue weighted by Gasteiger charge is 2.11. The second-order valence-corrected chi connectivity index (χ2v) is 3.96. The molecular weight excluding hydrogens is 244 g/mol. The van der Waals surface area contributed by atoms with Crippen molar-refractivity contribution in [3.05, 3.63) is 42.0 Å². The standard InChI is InChI=1S/C14H16N2O3/c1-3-16-10-15-7-12(16)9-19-14-11(8-17)5-4-6-13(14)18-2/h4-8,10H,3,9H2,1-2H3. The number of hydrogen-bond donors (Lipinski definition) is 0. The molecule has 0 atom stereocenters. The van der Waals surface area contributed by atoms with E-state index in [2.05, 4.69) is 4.98 Å². The van der Waals surface area contributed by atoms with E-state index in [1.165, 1.54) is 0 Å². The molecule has 0 spiro atoms. The van der Waals surface area contributed by atoms with E-state index in [4.69, 9.17) is 9.47 Å². The predicted molar refractivity (Wildman–Crippen MR) is 70.6 cm³/mol. The molecule has 0 unspecified atom stereocenters. The van der Waals surface area contributed by atoms with Gasteiger partial charge < -0.3 is 14.0 Å². The Labute approximate surface area is 111 Å². The van der Waals surface area contributed by atoms with E-state index in [0.29, 0.717) is 23.7 Å². The van der Waals surface area contributed by atoms with Crippen LogP contribution in [0.3, 0.4) is 0 Å². The third kappa shape index (κ3) is 2.76. The lowest BCUT2D eigenvalue weighted by atomic mass is 10.2. The molecule has 0 aliphatic heterocycles. The zero-order chi connectivity index (χ0) is 13.7. The number of nitrogens with zero attached hydrogens (tertiary/aromatic N) is 2. The summed E-state index contributed by atoms with van der Waals surface area (Å²) in [6.07, 6.45) is 4.26. The molecule has 0 amide bonds. The third-order valence-electron chi connectivity index (χ3n) is 2.86. The number of rotatable bonds is 6. The molecule has 100 valence electrons. The van der Waals surface area contributed by atoms with Crippen LogP contribution in [0.25, 0.3) is 0 Å². The van der Waals surface area contributed by atoms with Crippen molar-refractivity contribution < 1.29 is 14.3 Å². The molecule has 2 aromatic rings. The topological polar surface area (TPSA) is 53.4 Å². The van der Waals surface area contributed by atoms with Crippen molar-refractivity contribution in [2.45, 2.75) is 20.1 Å². The average Bonchev–Trinajstić information content (AvgIpc) is 2.91. The zero-order valence-corrected chi connectivity index (χ0v) is 11.0. The molecule has 2 rings (SSSR count). The van der Waals surface area contributed by atoms with E-state index in [9.17, 15) is 4.79 Å². The minimum Gasteiger partial charge on any atom is -0.493 e. The van der Waals surface area contributed by atoms with Crippen molar-refractivity contribution in [3.63, 3.8) is 0 Å². The molecule has 5 nitrogen and oxygen atoms in total. The maximum atomic E-state index is 11.0. The number of ether oxygens (including phenoxy) is 2. The summed E-state index contributed by atoms with van der Waals surface area (Å²) in [5.74, 6) is 1.01. The molecule has 0 aliphatic carbocycles. The van der Waals surface area contributed by atoms with Crippen molar-refractivity contribution >= 4 is 6.29 Å². The zero-order valence-electron chi connectivity index (χ0n) is 11.0. The van der Waals surface area contributed by atoms with Gasteiger partial charge in [-0.25, -0.2) is 4.98 Å². The first-order valence-corrected chi connectivity index (χ1v) is 6.04. The van der Waals surface area contributed by atoms with Crippen LogP contribution in [-0.2, 0) is 13.2 Å². The molecule has 5 heteroatoms. The van der Waals surface area contributed by atoms with Gasteiger partial charge in [0.1, 0.15) is 6.61 Å². The number of carbonyl (C=O) groups is 1. The quantitative estimate of drug-likeness (QED) is 0.748. The summed E-state index contributed by atoms with van der Waals surface area (Å²) in [6, 6.07) is 5.22. The normalized spacial score (nSPS) is 10.2. The molecule has 1 aromatic carbocycles. The highest BCUT2D eigenvalue weighted by atomic mass is 16.5. The van der Waals surface area contributed by atoms with Gasteiger partial charge in [0.05, 0.1) is 30.9 Å². The van der Waals surface area contributed by atoms with Crippen LogP contribution in [0.1, 0.15) is 23.0 Å². The van der Waals surface area contributed by atoms with Gasteiger partial charge in [0, 0.05) is 6.54 Å². The maximum absolute atomic E-state index is 11.0. The summed E-state index contributed by atoms with van der Waals surface area (Å²) < 4.78 is 12.9. The highest BCUT2D eigenvalue weighted by molar-refractivity contribution is 5.81. The second kappa shape index (κ2) is 6.04. The van der Waals surface area contributed by atoms with Gasteiger partial charge in [0.15, 0.2) is 17.8 Å². The number of hydrogen-bond acceptors (Lipinski definition) is 4. The fourth-order valence-electron chi connectivity index (χ4n) is 1.84. The van der Waals surface area contributed by atoms with Gasteiger partial charge >= 0.3 is 0 Å². The number of methoxy groups -OCH3 is 1. The Morgan fingerprint density at radius 1 is 1.42 bits per heavy atom. The van der Waals surface area contributed by atoms with Crippen LogP contribution in [0, 0.1) is 0 Å². The summed E-state index contributed by atoms with van der Waals surface area (Å²) >= 11 is 0. The monoisotopic (exact) mass is 260 g/mol. The van der Waals surface area contributed by atoms with E-state index in [1.807, 2.05) is 11.5 Å². The number of aromatic nitrogens is 2. The number of benzene rings is 1. The first kappa shape index (κ1) is 13.1. The SMILES string of the molecule is CCn1cncc1COc1c(C=O)cccc1OC. The van der Waals surface area contributed by atoms with Gasteiger partial charge in [-0.2, -0.15) is 0 Å². The Kier molecular flexibility index (Phi) is 4.18. The lowest BCUT2D eigenvalue weighted by Crippen LogP contribution is -2.05. The minimum absolute atomic E-state index is 0.342. The number of imidazole rings is 1. The molecule has 1 aromatic heterocycles. The highest BCUT2D eigenvalue weighted by Crippen LogP contribution is 2.30. The van der Waals surface area contributed by atoms with Crippen LogP contribution in [0.5, 0.6) is 11.5 Å². The smallest absolute Gasteiger partial charge is 0.172 e. The fourth-order valence-corrected chi connectivity index (χ4v) is 1.84. The first-order valence-electron chi connectivity index (χ1n) is 6.04. The largest absolute Gasteiger partial charge is 0.493 e. The second-order valence-electron chi connectivity index (χ2n) is 3.96.